The van der Waals surface area contributed by atoms with E-state index in [4.69, 9.17) is 14.6 Å². The van der Waals surface area contributed by atoms with E-state index in [1.54, 1.807) is 0 Å². The molecule has 5 rings (SSSR count). The summed E-state index contributed by atoms with van der Waals surface area (Å²) in [5.41, 5.74) is 4.54. The predicted molar refractivity (Wildman–Crippen MR) is 164 cm³/mol. The second kappa shape index (κ2) is 13.1. The smallest absolute Gasteiger partial charge is 0.303 e. The summed E-state index contributed by atoms with van der Waals surface area (Å²) >= 11 is 0. The molecule has 6 atom stereocenters. The van der Waals surface area contributed by atoms with Gasteiger partial charge in [0.2, 0.25) is 5.91 Å². The van der Waals surface area contributed by atoms with Crippen LogP contribution in [0.2, 0.25) is 0 Å². The molecule has 3 aliphatic rings. The van der Waals surface area contributed by atoms with Crippen LogP contribution >= 0.6 is 0 Å². The van der Waals surface area contributed by atoms with Gasteiger partial charge in [-0.1, -0.05) is 76.2 Å². The summed E-state index contributed by atoms with van der Waals surface area (Å²) in [5.74, 6) is -0.911. The molecule has 2 bridgehead atoms. The molecule has 2 unspecified atom stereocenters. The van der Waals surface area contributed by atoms with E-state index in [0.717, 1.165) is 35.3 Å². The molecule has 234 valence electrons. The van der Waals surface area contributed by atoms with Crippen molar-refractivity contribution in [2.24, 2.45) is 16.7 Å². The molecule has 2 heterocycles. The van der Waals surface area contributed by atoms with Gasteiger partial charge in [-0.3, -0.25) is 14.5 Å². The summed E-state index contributed by atoms with van der Waals surface area (Å²) in [5, 5.41) is 21.2. The molecule has 2 saturated heterocycles. The first kappa shape index (κ1) is 31.6. The lowest BCUT2D eigenvalue weighted by Gasteiger charge is -2.43. The summed E-state index contributed by atoms with van der Waals surface area (Å²) in [6.45, 7) is 11.8. The van der Waals surface area contributed by atoms with Crippen LogP contribution in [0.4, 0.5) is 0 Å². The molecule has 0 spiro atoms. The molecule has 3 N–H and O–H groups in total. The summed E-state index contributed by atoms with van der Waals surface area (Å²) in [7, 11) is 0. The Morgan fingerprint density at radius 2 is 1.63 bits per heavy atom. The Bertz CT molecular complexity index is 1260. The third-order valence-corrected chi connectivity index (χ3v) is 9.60. The summed E-state index contributed by atoms with van der Waals surface area (Å²) in [6.07, 6.45) is 3.54. The minimum atomic E-state index is -0.891. The highest BCUT2D eigenvalue weighted by Gasteiger charge is 2.51. The number of likely N-dealkylation sites (tertiary alicyclic amines) is 1. The van der Waals surface area contributed by atoms with E-state index >= 15 is 0 Å². The molecule has 1 saturated carbocycles. The highest BCUT2D eigenvalue weighted by Crippen LogP contribution is 2.53. The number of carbonyl (C=O) groups is 2. The zero-order chi connectivity index (χ0) is 30.8. The normalized spacial score (nSPS) is 30.2. The topological polar surface area (TPSA) is 108 Å². The Labute approximate surface area is 255 Å². The number of hydrogen-bond acceptors (Lipinski definition) is 6. The summed E-state index contributed by atoms with van der Waals surface area (Å²) in [6, 6.07) is 16.6. The van der Waals surface area contributed by atoms with Crippen molar-refractivity contribution in [2.45, 2.75) is 104 Å². The van der Waals surface area contributed by atoms with Gasteiger partial charge in [0.05, 0.1) is 18.8 Å². The fourth-order valence-electron chi connectivity index (χ4n) is 7.83. The molecule has 2 aliphatic heterocycles. The van der Waals surface area contributed by atoms with Crippen LogP contribution in [0.25, 0.3) is 0 Å². The van der Waals surface area contributed by atoms with E-state index in [2.05, 4.69) is 50.0 Å². The fourth-order valence-corrected chi connectivity index (χ4v) is 7.83. The van der Waals surface area contributed by atoms with E-state index in [1.807, 2.05) is 36.4 Å². The minimum absolute atomic E-state index is 0.00852. The largest absolute Gasteiger partial charge is 0.481 e. The van der Waals surface area contributed by atoms with Crippen LogP contribution in [-0.2, 0) is 32.2 Å². The molecular formula is C35H48N2O6. The lowest BCUT2D eigenvalue weighted by molar-refractivity contribution is -0.276. The van der Waals surface area contributed by atoms with Crippen LogP contribution in [0.3, 0.4) is 0 Å². The van der Waals surface area contributed by atoms with Gasteiger partial charge in [0.25, 0.3) is 0 Å². The van der Waals surface area contributed by atoms with Crippen LogP contribution in [0, 0.1) is 16.7 Å². The number of fused-ring (bicyclic) bond motifs is 2. The van der Waals surface area contributed by atoms with Gasteiger partial charge in [-0.05, 0) is 53.2 Å². The highest BCUT2D eigenvalue weighted by molar-refractivity contribution is 5.76. The van der Waals surface area contributed by atoms with Crippen molar-refractivity contribution in [3.8, 4) is 0 Å². The van der Waals surface area contributed by atoms with Gasteiger partial charge in [0.1, 0.15) is 0 Å². The van der Waals surface area contributed by atoms with Gasteiger partial charge in [-0.25, -0.2) is 0 Å². The molecular weight excluding hydrogens is 544 g/mol. The molecule has 8 heteroatoms. The van der Waals surface area contributed by atoms with Crippen molar-refractivity contribution in [1.82, 2.24) is 10.2 Å². The van der Waals surface area contributed by atoms with Gasteiger partial charge < -0.3 is 25.0 Å². The Balaban J connectivity index is 1.30. The second-order valence-electron chi connectivity index (χ2n) is 14.2. The molecule has 0 aromatic heterocycles. The van der Waals surface area contributed by atoms with Crippen LogP contribution in [0.15, 0.2) is 48.5 Å². The quantitative estimate of drug-likeness (QED) is 0.305. The Hall–Kier alpha value is -2.78. The molecule has 1 aliphatic carbocycles. The SMILES string of the molecule is C[C@@H]1[C@H](CN2CC3(C)CC2CC(C)(C)C3)O[C@H](c2ccc(CNC(=O)CCCC(=O)O)cc2)O[C@@H]1c1ccc(CO)cc1. The summed E-state index contributed by atoms with van der Waals surface area (Å²) < 4.78 is 13.4. The maximum absolute atomic E-state index is 12.1. The Kier molecular flexibility index (Phi) is 9.61. The minimum Gasteiger partial charge on any atom is -0.481 e. The highest BCUT2D eigenvalue weighted by atomic mass is 16.7. The van der Waals surface area contributed by atoms with Crippen LogP contribution in [-0.4, -0.2) is 52.2 Å². The van der Waals surface area contributed by atoms with Crippen molar-refractivity contribution >= 4 is 11.9 Å². The third-order valence-electron chi connectivity index (χ3n) is 9.60. The number of ether oxygens (including phenoxy) is 2. The van der Waals surface area contributed by atoms with Crippen LogP contribution in [0.5, 0.6) is 0 Å². The van der Waals surface area contributed by atoms with Crippen molar-refractivity contribution in [2.75, 3.05) is 13.1 Å². The number of amides is 1. The predicted octanol–water partition coefficient (Wildman–Crippen LogP) is 5.74. The Morgan fingerprint density at radius 3 is 2.30 bits per heavy atom. The maximum Gasteiger partial charge on any atom is 0.303 e. The maximum atomic E-state index is 12.1. The number of rotatable bonds is 11. The van der Waals surface area contributed by atoms with Gasteiger partial charge >= 0.3 is 5.97 Å². The lowest BCUT2D eigenvalue weighted by Crippen LogP contribution is -2.46. The second-order valence-corrected chi connectivity index (χ2v) is 14.2. The molecule has 1 amide bonds. The monoisotopic (exact) mass is 592 g/mol. The van der Waals surface area contributed by atoms with Crippen molar-refractivity contribution in [3.63, 3.8) is 0 Å². The van der Waals surface area contributed by atoms with E-state index < -0.39 is 12.3 Å². The number of nitrogens with one attached hydrogen (secondary N) is 1. The fraction of sp³-hybridized carbons (Fsp3) is 0.600. The Morgan fingerprint density at radius 1 is 0.953 bits per heavy atom. The van der Waals surface area contributed by atoms with Crippen LogP contribution in [0.1, 0.15) is 101 Å². The molecule has 2 aromatic rings. The van der Waals surface area contributed by atoms with Gasteiger partial charge in [-0.2, -0.15) is 0 Å². The number of nitrogens with zero attached hydrogens (tertiary/aromatic N) is 1. The standard InChI is InChI=1S/C35H48N2O6/c1-23-29(19-37-22-35(4)17-28(37)16-34(2,3)21-35)42-33(43-32(23)26-12-10-25(20-38)11-13-26)27-14-8-24(9-15-27)18-36-30(39)6-5-7-31(40)41/h8-15,23,28-29,32-33,38H,5-7,16-22H2,1-4H3,(H,36,39)(H,40,41)/t23-,28?,29+,32+,33+,35?/m1/s1. The number of carboxylic acid groups (broad SMARTS) is 1. The van der Waals surface area contributed by atoms with E-state index in [9.17, 15) is 14.7 Å². The molecule has 43 heavy (non-hydrogen) atoms. The molecule has 3 fully saturated rings. The number of hydrogen-bond donors (Lipinski definition) is 3. The van der Waals surface area contributed by atoms with Gasteiger partial charge in [0, 0.05) is 50.0 Å². The van der Waals surface area contributed by atoms with Gasteiger partial charge in [0.15, 0.2) is 6.29 Å². The number of carbonyl (C=O) groups excluding carboxylic acids is 1. The molecule has 0 radical (unpaired) electrons. The number of aliphatic hydroxyl groups excluding tert-OH is 1. The lowest BCUT2D eigenvalue weighted by atomic mass is 9.65. The zero-order valence-corrected chi connectivity index (χ0v) is 26.1. The number of aliphatic carboxylic acids is 1. The first-order chi connectivity index (χ1) is 20.4. The number of aliphatic hydroxyl groups is 1. The number of carboxylic acids is 1. The van der Waals surface area contributed by atoms with Crippen molar-refractivity contribution < 1.29 is 29.3 Å². The van der Waals surface area contributed by atoms with Crippen molar-refractivity contribution in [1.29, 1.82) is 0 Å². The third kappa shape index (κ3) is 7.85. The molecule has 2 aromatic carbocycles. The van der Waals surface area contributed by atoms with E-state index in [0.29, 0.717) is 29.8 Å². The van der Waals surface area contributed by atoms with Crippen molar-refractivity contribution in [3.05, 3.63) is 70.8 Å². The zero-order valence-electron chi connectivity index (χ0n) is 26.1. The average molecular weight is 593 g/mol. The van der Waals surface area contributed by atoms with E-state index in [-0.39, 0.29) is 43.5 Å². The van der Waals surface area contributed by atoms with E-state index in [1.165, 1.54) is 19.3 Å². The first-order valence-corrected chi connectivity index (χ1v) is 15.8. The summed E-state index contributed by atoms with van der Waals surface area (Å²) in [4.78, 5) is 25.5. The molecule has 8 nitrogen and oxygen atoms in total. The average Bonchev–Trinajstić information content (AvgIpc) is 3.20. The van der Waals surface area contributed by atoms with Gasteiger partial charge in [-0.15, -0.1) is 0 Å². The van der Waals surface area contributed by atoms with Crippen LogP contribution < -0.4 is 5.32 Å². The first-order valence-electron chi connectivity index (χ1n) is 15.8. The number of benzene rings is 2.